The van der Waals surface area contributed by atoms with Gasteiger partial charge in [-0.25, -0.2) is 9.97 Å². The van der Waals surface area contributed by atoms with E-state index in [-0.39, 0.29) is 0 Å². The molecule has 2 rings (SSSR count). The maximum Gasteiger partial charge on any atom is 0.180 e. The van der Waals surface area contributed by atoms with Gasteiger partial charge in [-0.1, -0.05) is 13.8 Å². The molecular weight excluding hydrogens is 341 g/mol. The van der Waals surface area contributed by atoms with Crippen LogP contribution in [-0.4, -0.2) is 19.7 Å². The number of nitrogen functional groups attached to an aromatic ring is 1. The summed E-state index contributed by atoms with van der Waals surface area (Å²) in [6, 6.07) is 1.89. The third kappa shape index (κ3) is 2.63. The molecule has 2 aromatic rings. The van der Waals surface area contributed by atoms with Crippen LogP contribution in [0.25, 0.3) is 11.5 Å². The Kier molecular flexibility index (Phi) is 3.84. The number of rotatable bonds is 3. The largest absolute Gasteiger partial charge is 0.383 e. The first-order chi connectivity index (χ1) is 8.49. The molecule has 0 aliphatic heterocycles. The normalized spacial score (nSPS) is 11.2. The molecule has 0 spiro atoms. The smallest absolute Gasteiger partial charge is 0.180 e. The van der Waals surface area contributed by atoms with Crippen molar-refractivity contribution in [3.05, 3.63) is 21.5 Å². The van der Waals surface area contributed by atoms with Gasteiger partial charge in [-0.2, -0.15) is 5.10 Å². The minimum Gasteiger partial charge on any atom is -0.383 e. The highest BCUT2D eigenvalue weighted by molar-refractivity contribution is 14.1. The van der Waals surface area contributed by atoms with Crippen LogP contribution in [0.3, 0.4) is 0 Å². The van der Waals surface area contributed by atoms with E-state index < -0.39 is 0 Å². The van der Waals surface area contributed by atoms with Crippen LogP contribution >= 0.6 is 22.6 Å². The van der Waals surface area contributed by atoms with Gasteiger partial charge in [0.15, 0.2) is 5.82 Å². The van der Waals surface area contributed by atoms with Gasteiger partial charge in [0, 0.05) is 13.2 Å². The maximum atomic E-state index is 5.97. The quantitative estimate of drug-likeness (QED) is 0.856. The summed E-state index contributed by atoms with van der Waals surface area (Å²) in [5, 5.41) is 4.13. The van der Waals surface area contributed by atoms with Crippen LogP contribution in [0.4, 0.5) is 5.82 Å². The van der Waals surface area contributed by atoms with Crippen molar-refractivity contribution in [2.45, 2.75) is 20.3 Å². The first-order valence-electron chi connectivity index (χ1n) is 5.79. The van der Waals surface area contributed by atoms with Crippen molar-refractivity contribution >= 4 is 28.4 Å². The van der Waals surface area contributed by atoms with Gasteiger partial charge in [-0.15, -0.1) is 0 Å². The van der Waals surface area contributed by atoms with Crippen molar-refractivity contribution in [3.8, 4) is 11.5 Å². The van der Waals surface area contributed by atoms with Crippen molar-refractivity contribution in [3.63, 3.8) is 0 Å². The van der Waals surface area contributed by atoms with Crippen LogP contribution in [0.15, 0.2) is 12.3 Å². The molecule has 6 heteroatoms. The molecule has 5 nitrogen and oxygen atoms in total. The molecule has 2 heterocycles. The lowest BCUT2D eigenvalue weighted by atomic mass is 10.1. The van der Waals surface area contributed by atoms with E-state index in [4.69, 9.17) is 5.73 Å². The second-order valence-corrected chi connectivity index (χ2v) is 5.71. The van der Waals surface area contributed by atoms with Gasteiger partial charge in [-0.3, -0.25) is 4.68 Å². The average Bonchev–Trinajstić information content (AvgIpc) is 2.70. The number of halogens is 1. The second-order valence-electron chi connectivity index (χ2n) is 4.63. The number of anilines is 1. The number of aromatic nitrogens is 4. The summed E-state index contributed by atoms with van der Waals surface area (Å²) < 4.78 is 2.70. The van der Waals surface area contributed by atoms with Crippen LogP contribution in [0.2, 0.25) is 0 Å². The summed E-state index contributed by atoms with van der Waals surface area (Å²) >= 11 is 2.21. The van der Waals surface area contributed by atoms with E-state index in [1.165, 1.54) is 0 Å². The summed E-state index contributed by atoms with van der Waals surface area (Å²) in [5.74, 6) is 1.72. The first-order valence-corrected chi connectivity index (χ1v) is 6.87. The Morgan fingerprint density at radius 3 is 2.67 bits per heavy atom. The molecule has 2 N–H and O–H groups in total. The number of nitrogens with zero attached hydrogens (tertiary/aromatic N) is 4. The monoisotopic (exact) mass is 357 g/mol. The molecule has 0 aromatic carbocycles. The van der Waals surface area contributed by atoms with E-state index in [0.29, 0.717) is 17.6 Å². The van der Waals surface area contributed by atoms with Crippen molar-refractivity contribution in [1.29, 1.82) is 0 Å². The second kappa shape index (κ2) is 5.21. The molecule has 0 aliphatic carbocycles. The molecule has 0 amide bonds. The summed E-state index contributed by atoms with van der Waals surface area (Å²) in [6.07, 6.45) is 2.63. The lowest BCUT2D eigenvalue weighted by Crippen LogP contribution is -2.09. The van der Waals surface area contributed by atoms with E-state index >= 15 is 0 Å². The first kappa shape index (κ1) is 13.3. The highest BCUT2D eigenvalue weighted by Gasteiger charge is 2.14. The molecule has 0 saturated heterocycles. The molecular formula is C12H16IN5. The zero-order chi connectivity index (χ0) is 13.3. The lowest BCUT2D eigenvalue weighted by molar-refractivity contribution is 0.632. The number of nitrogens with two attached hydrogens (primary N) is 1. The van der Waals surface area contributed by atoms with Crippen molar-refractivity contribution < 1.29 is 0 Å². The van der Waals surface area contributed by atoms with Crippen LogP contribution in [0.1, 0.15) is 19.5 Å². The van der Waals surface area contributed by atoms with Gasteiger partial charge in [0.2, 0.25) is 0 Å². The van der Waals surface area contributed by atoms with Gasteiger partial charge in [0.1, 0.15) is 11.5 Å². The highest BCUT2D eigenvalue weighted by atomic mass is 127. The van der Waals surface area contributed by atoms with Gasteiger partial charge >= 0.3 is 0 Å². The Bertz CT molecular complexity index is 562. The molecule has 0 radical (unpaired) electrons. The van der Waals surface area contributed by atoms with Crippen LogP contribution in [0, 0.1) is 9.49 Å². The van der Waals surface area contributed by atoms with E-state index in [2.05, 4.69) is 51.5 Å². The molecule has 0 fully saturated rings. The van der Waals surface area contributed by atoms with Crippen molar-refractivity contribution in [2.24, 2.45) is 13.0 Å². The number of hydrogen-bond acceptors (Lipinski definition) is 4. The standard InChI is InChI=1S/C12H16IN5/c1-7(2)6-8-10(13)11(14)17-12(16-8)9-4-5-15-18(9)3/h4-5,7H,6H2,1-3H3,(H2,14,16,17). The van der Waals surface area contributed by atoms with E-state index in [1.54, 1.807) is 10.9 Å². The Balaban J connectivity index is 2.51. The van der Waals surface area contributed by atoms with Gasteiger partial charge in [-0.05, 0) is 41.0 Å². The minimum absolute atomic E-state index is 0.534. The predicted octanol–water partition coefficient (Wildman–Crippen LogP) is 2.26. The number of aryl methyl sites for hydroxylation is 1. The molecule has 0 unspecified atom stereocenters. The van der Waals surface area contributed by atoms with Crippen molar-refractivity contribution in [1.82, 2.24) is 19.7 Å². The van der Waals surface area contributed by atoms with Crippen LogP contribution in [-0.2, 0) is 13.5 Å². The fourth-order valence-corrected chi connectivity index (χ4v) is 2.20. The topological polar surface area (TPSA) is 69.6 Å². The molecule has 0 atom stereocenters. The SMILES string of the molecule is CC(C)Cc1nc(-c2ccnn2C)nc(N)c1I. The van der Waals surface area contributed by atoms with E-state index in [9.17, 15) is 0 Å². The van der Waals surface area contributed by atoms with Gasteiger partial charge < -0.3 is 5.73 Å². The lowest BCUT2D eigenvalue weighted by Gasteiger charge is -2.10. The van der Waals surface area contributed by atoms with E-state index in [0.717, 1.165) is 21.4 Å². The van der Waals surface area contributed by atoms with Crippen LogP contribution < -0.4 is 5.73 Å². The fraction of sp³-hybridized carbons (Fsp3) is 0.417. The molecule has 18 heavy (non-hydrogen) atoms. The molecule has 0 bridgehead atoms. The molecule has 0 aliphatic rings. The molecule has 96 valence electrons. The fourth-order valence-electron chi connectivity index (χ4n) is 1.74. The number of hydrogen-bond donors (Lipinski definition) is 1. The molecule has 0 saturated carbocycles. The van der Waals surface area contributed by atoms with Gasteiger partial charge in [0.05, 0.1) is 9.26 Å². The van der Waals surface area contributed by atoms with Crippen LogP contribution in [0.5, 0.6) is 0 Å². The third-order valence-corrected chi connectivity index (χ3v) is 3.77. The Labute approximate surface area is 120 Å². The van der Waals surface area contributed by atoms with Gasteiger partial charge in [0.25, 0.3) is 0 Å². The summed E-state index contributed by atoms with van der Waals surface area (Å²) in [6.45, 7) is 4.33. The highest BCUT2D eigenvalue weighted by Crippen LogP contribution is 2.23. The molecule has 2 aromatic heterocycles. The average molecular weight is 357 g/mol. The Morgan fingerprint density at radius 2 is 2.11 bits per heavy atom. The zero-order valence-electron chi connectivity index (χ0n) is 10.7. The summed E-state index contributed by atoms with van der Waals surface area (Å²) in [7, 11) is 1.87. The Morgan fingerprint density at radius 1 is 1.39 bits per heavy atom. The predicted molar refractivity (Wildman–Crippen MR) is 79.9 cm³/mol. The summed E-state index contributed by atoms with van der Waals surface area (Å²) in [4.78, 5) is 8.96. The maximum absolute atomic E-state index is 5.97. The Hall–Kier alpha value is -1.18. The third-order valence-electron chi connectivity index (χ3n) is 2.60. The van der Waals surface area contributed by atoms with Crippen molar-refractivity contribution in [2.75, 3.05) is 5.73 Å². The summed E-state index contributed by atoms with van der Waals surface area (Å²) in [5.41, 5.74) is 7.85. The van der Waals surface area contributed by atoms with E-state index in [1.807, 2.05) is 13.1 Å². The minimum atomic E-state index is 0.534. The zero-order valence-corrected chi connectivity index (χ0v) is 12.8.